The Labute approximate surface area is 83.3 Å². The number of halogens is 1. The van der Waals surface area contributed by atoms with Crippen LogP contribution in [0.2, 0.25) is 0 Å². The molecule has 1 aromatic carbocycles. The number of aromatic hydroxyl groups is 1. The molecule has 0 fully saturated rings. The molecule has 1 aromatic rings. The number of benzene rings is 1. The van der Waals surface area contributed by atoms with Gasteiger partial charge in [0.25, 0.3) is 0 Å². The molecule has 10 heavy (non-hydrogen) atoms. The van der Waals surface area contributed by atoms with E-state index in [1.807, 2.05) is 6.07 Å². The topological polar surface area (TPSA) is 20.2 Å². The third-order valence-corrected chi connectivity index (χ3v) is 0.756. The van der Waals surface area contributed by atoms with Gasteiger partial charge in [-0.15, -0.1) is 0 Å². The van der Waals surface area contributed by atoms with Crippen LogP contribution in [0.3, 0.4) is 0 Å². The van der Waals surface area contributed by atoms with E-state index in [1.165, 1.54) is 0 Å². The SMILES string of the molecule is Oc1ccccc1.[Cl][Cu].[Cu]. The van der Waals surface area contributed by atoms with Crippen molar-refractivity contribution < 1.29 is 37.3 Å². The summed E-state index contributed by atoms with van der Waals surface area (Å²) in [6.07, 6.45) is 0. The normalized spacial score (nSPS) is 6.70. The maximum absolute atomic E-state index is 8.63. The molecule has 1 rings (SSSR count). The molecule has 65 valence electrons. The molecule has 0 saturated heterocycles. The molecule has 0 unspecified atom stereocenters. The summed E-state index contributed by atoms with van der Waals surface area (Å²) in [5, 5.41) is 8.63. The molecule has 1 radical (unpaired) electrons. The summed E-state index contributed by atoms with van der Waals surface area (Å²) >= 11 is 3.66. The average Bonchev–Trinajstić information content (AvgIpc) is 1.94. The van der Waals surface area contributed by atoms with Crippen LogP contribution in [0.5, 0.6) is 5.75 Å². The second-order valence-electron chi connectivity index (χ2n) is 1.34. The Balaban J connectivity index is 0. The first kappa shape index (κ1) is 13.0. The first-order valence-corrected chi connectivity index (χ1v) is 3.54. The minimum absolute atomic E-state index is 0. The standard InChI is InChI=1S/C6H6O.ClH.2Cu/c7-6-4-2-1-3-5-6;;;/h1-5,7H;1H;;/q;;;+1/p-1. The van der Waals surface area contributed by atoms with Crippen LogP contribution in [0.25, 0.3) is 0 Å². The smallest absolute Gasteiger partial charge is 0 e. The van der Waals surface area contributed by atoms with E-state index in [0.29, 0.717) is 5.75 Å². The van der Waals surface area contributed by atoms with Gasteiger partial charge < -0.3 is 5.11 Å². The molecule has 4 heteroatoms. The van der Waals surface area contributed by atoms with Crippen molar-refractivity contribution in [3.8, 4) is 5.75 Å². The van der Waals surface area contributed by atoms with Gasteiger partial charge >= 0.3 is 25.2 Å². The van der Waals surface area contributed by atoms with Crippen LogP contribution in [-0.2, 0) is 32.2 Å². The number of phenols is 1. The number of para-hydroxylation sites is 1. The largest absolute Gasteiger partial charge is 0 e. The second kappa shape index (κ2) is 9.35. The van der Waals surface area contributed by atoms with Crippen LogP contribution in [-0.4, -0.2) is 5.11 Å². The molecule has 0 aliphatic carbocycles. The van der Waals surface area contributed by atoms with Crippen LogP contribution < -0.4 is 0 Å². The van der Waals surface area contributed by atoms with Crippen LogP contribution in [0, 0.1) is 0 Å². The Bertz CT molecular complexity index is 146. The minimum atomic E-state index is 0. The zero-order chi connectivity index (χ0) is 7.11. The zero-order valence-corrected chi connectivity index (χ0v) is 7.45. The van der Waals surface area contributed by atoms with Gasteiger partial charge in [-0.2, -0.15) is 0 Å². The Kier molecular flexibility index (Phi) is 12.1. The molecule has 0 bridgehead atoms. The van der Waals surface area contributed by atoms with Crippen molar-refractivity contribution in [3.05, 3.63) is 30.3 Å². The van der Waals surface area contributed by atoms with Crippen molar-refractivity contribution in [1.82, 2.24) is 0 Å². The van der Waals surface area contributed by atoms with Gasteiger partial charge in [-0.05, 0) is 12.1 Å². The molecule has 0 heterocycles. The Morgan fingerprint density at radius 2 is 1.50 bits per heavy atom. The summed E-state index contributed by atoms with van der Waals surface area (Å²) in [6, 6.07) is 8.71. The van der Waals surface area contributed by atoms with E-state index in [2.05, 4.69) is 25.2 Å². The van der Waals surface area contributed by atoms with Crippen LogP contribution in [0.15, 0.2) is 30.3 Å². The summed E-state index contributed by atoms with van der Waals surface area (Å²) in [4.78, 5) is 0. The van der Waals surface area contributed by atoms with Crippen molar-refractivity contribution in [2.45, 2.75) is 0 Å². The van der Waals surface area contributed by atoms with Gasteiger partial charge in [-0.25, -0.2) is 0 Å². The maximum atomic E-state index is 8.63. The molecule has 0 saturated carbocycles. The third-order valence-electron chi connectivity index (χ3n) is 0.756. The monoisotopic (exact) mass is 255 g/mol. The first-order valence-electron chi connectivity index (χ1n) is 2.25. The minimum Gasteiger partial charge on any atom is 0 e. The quantitative estimate of drug-likeness (QED) is 0.705. The first-order chi connectivity index (χ1) is 4.39. The molecule has 0 spiro atoms. The Hall–Kier alpha value is 0.349. The average molecular weight is 257 g/mol. The van der Waals surface area contributed by atoms with Crippen molar-refractivity contribution in [3.63, 3.8) is 0 Å². The fraction of sp³-hybridized carbons (Fsp3) is 0. The summed E-state index contributed by atoms with van der Waals surface area (Å²) in [5.74, 6) is 0.322. The summed E-state index contributed by atoms with van der Waals surface area (Å²) in [6.45, 7) is 0. The second-order valence-corrected chi connectivity index (χ2v) is 1.34. The number of phenolic OH excluding ortho intramolecular Hbond substituents is 1. The maximum Gasteiger partial charge on any atom is 0 e. The summed E-state index contributed by atoms with van der Waals surface area (Å²) < 4.78 is 0. The number of hydrogen-bond acceptors (Lipinski definition) is 1. The van der Waals surface area contributed by atoms with Gasteiger partial charge in [0.2, 0.25) is 0 Å². The number of rotatable bonds is 0. The van der Waals surface area contributed by atoms with Gasteiger partial charge in [0.15, 0.2) is 0 Å². The van der Waals surface area contributed by atoms with E-state index in [1.54, 1.807) is 24.3 Å². The molecular formula is C6H6ClCu2O. The Morgan fingerprint density at radius 1 is 1.10 bits per heavy atom. The summed E-state index contributed by atoms with van der Waals surface area (Å²) in [5.41, 5.74) is 0. The van der Waals surface area contributed by atoms with E-state index >= 15 is 0 Å². The molecule has 1 nitrogen and oxygen atoms in total. The predicted octanol–water partition coefficient (Wildman–Crippen LogP) is 2.08. The fourth-order valence-electron chi connectivity index (χ4n) is 0.428. The predicted molar refractivity (Wildman–Crippen MR) is 34.0 cm³/mol. The summed E-state index contributed by atoms with van der Waals surface area (Å²) in [7, 11) is 4.20. The van der Waals surface area contributed by atoms with Crippen LogP contribution >= 0.6 is 10.1 Å². The van der Waals surface area contributed by atoms with Gasteiger partial charge in [-0.3, -0.25) is 0 Å². The van der Waals surface area contributed by atoms with E-state index < -0.39 is 0 Å². The number of hydrogen-bond donors (Lipinski definition) is 1. The van der Waals surface area contributed by atoms with Gasteiger partial charge in [0, 0.05) is 17.1 Å². The van der Waals surface area contributed by atoms with Gasteiger partial charge in [0.1, 0.15) is 5.75 Å². The van der Waals surface area contributed by atoms with Crippen LogP contribution in [0.1, 0.15) is 0 Å². The Morgan fingerprint density at radius 3 is 1.70 bits per heavy atom. The van der Waals surface area contributed by atoms with Crippen molar-refractivity contribution >= 4 is 10.1 Å². The molecule has 0 aliphatic rings. The van der Waals surface area contributed by atoms with Gasteiger partial charge in [-0.1, -0.05) is 18.2 Å². The van der Waals surface area contributed by atoms with Crippen molar-refractivity contribution in [2.24, 2.45) is 0 Å². The van der Waals surface area contributed by atoms with Crippen molar-refractivity contribution in [2.75, 3.05) is 0 Å². The zero-order valence-electron chi connectivity index (χ0n) is 4.81. The van der Waals surface area contributed by atoms with E-state index in [0.717, 1.165) is 0 Å². The van der Waals surface area contributed by atoms with E-state index in [-0.39, 0.29) is 17.1 Å². The van der Waals surface area contributed by atoms with Crippen molar-refractivity contribution in [1.29, 1.82) is 0 Å². The third kappa shape index (κ3) is 6.47. The molecule has 0 amide bonds. The molecule has 0 aromatic heterocycles. The van der Waals surface area contributed by atoms with Crippen LogP contribution in [0.4, 0.5) is 0 Å². The van der Waals surface area contributed by atoms with E-state index in [9.17, 15) is 0 Å². The fourth-order valence-corrected chi connectivity index (χ4v) is 0.428. The molecule has 1 N–H and O–H groups in total. The molecule has 0 aliphatic heterocycles. The molecular weight excluding hydrogens is 251 g/mol. The van der Waals surface area contributed by atoms with Gasteiger partial charge in [0.05, 0.1) is 0 Å². The van der Waals surface area contributed by atoms with E-state index in [4.69, 9.17) is 5.11 Å². The molecule has 0 atom stereocenters.